The molecule has 1 aliphatic heterocycles. The van der Waals surface area contributed by atoms with Gasteiger partial charge in [-0.15, -0.1) is 12.4 Å². The molecular weight excluding hydrogens is 422 g/mol. The molecule has 0 saturated carbocycles. The summed E-state index contributed by atoms with van der Waals surface area (Å²) in [4.78, 5) is 27.6. The molecule has 3 aromatic rings. The standard InChI is InChI=1S/C26H29N3O2.ClH/c1-19(22-12-6-9-20-7-2-4-10-23(20)22)28-26(31)24-11-5-3-8-21(24)13-14-25(30)29-17-15-27-16-18-29;/h2-12,19,27H,13-18H2,1H3,(H,28,31);1H. The largest absolute Gasteiger partial charge is 0.345 e. The predicted molar refractivity (Wildman–Crippen MR) is 131 cm³/mol. The van der Waals surface area contributed by atoms with Crippen LogP contribution in [-0.2, 0) is 11.2 Å². The van der Waals surface area contributed by atoms with Gasteiger partial charge in [-0.05, 0) is 41.3 Å². The van der Waals surface area contributed by atoms with Crippen molar-refractivity contribution in [1.29, 1.82) is 0 Å². The van der Waals surface area contributed by atoms with Crippen molar-refractivity contribution in [1.82, 2.24) is 15.5 Å². The van der Waals surface area contributed by atoms with Crippen molar-refractivity contribution in [2.24, 2.45) is 0 Å². The van der Waals surface area contributed by atoms with Crippen LogP contribution < -0.4 is 10.6 Å². The van der Waals surface area contributed by atoms with Gasteiger partial charge in [0.25, 0.3) is 5.91 Å². The maximum atomic E-state index is 13.1. The minimum atomic E-state index is -0.130. The molecule has 1 aliphatic rings. The average molecular weight is 452 g/mol. The Morgan fingerprint density at radius 3 is 2.47 bits per heavy atom. The number of rotatable bonds is 6. The summed E-state index contributed by atoms with van der Waals surface area (Å²) in [7, 11) is 0. The molecular formula is C26H30ClN3O2. The average Bonchev–Trinajstić information content (AvgIpc) is 2.82. The first-order valence-electron chi connectivity index (χ1n) is 11.0. The fourth-order valence-electron chi connectivity index (χ4n) is 4.25. The lowest BCUT2D eigenvalue weighted by atomic mass is 9.98. The molecule has 1 atom stereocenters. The van der Waals surface area contributed by atoms with E-state index < -0.39 is 0 Å². The minimum absolute atomic E-state index is 0. The van der Waals surface area contributed by atoms with Crippen molar-refractivity contribution in [3.05, 3.63) is 83.4 Å². The molecule has 0 spiro atoms. The van der Waals surface area contributed by atoms with Crippen LogP contribution in [0, 0.1) is 0 Å². The second kappa shape index (κ2) is 11.1. The van der Waals surface area contributed by atoms with Crippen LogP contribution in [0.1, 0.15) is 40.9 Å². The van der Waals surface area contributed by atoms with Crippen LogP contribution in [0.5, 0.6) is 0 Å². The Morgan fingerprint density at radius 1 is 0.969 bits per heavy atom. The zero-order valence-corrected chi connectivity index (χ0v) is 19.2. The van der Waals surface area contributed by atoms with E-state index >= 15 is 0 Å². The van der Waals surface area contributed by atoms with Crippen LogP contribution in [0.4, 0.5) is 0 Å². The molecule has 0 aromatic heterocycles. The van der Waals surface area contributed by atoms with Gasteiger partial charge < -0.3 is 15.5 Å². The molecule has 0 radical (unpaired) electrons. The zero-order valence-electron chi connectivity index (χ0n) is 18.3. The van der Waals surface area contributed by atoms with Gasteiger partial charge in [0, 0.05) is 38.2 Å². The summed E-state index contributed by atoms with van der Waals surface area (Å²) < 4.78 is 0. The van der Waals surface area contributed by atoms with Gasteiger partial charge in [0.1, 0.15) is 0 Å². The fourth-order valence-corrected chi connectivity index (χ4v) is 4.25. The summed E-state index contributed by atoms with van der Waals surface area (Å²) in [5, 5.41) is 8.72. The number of carbonyl (C=O) groups is 2. The molecule has 3 aromatic carbocycles. The molecule has 1 heterocycles. The van der Waals surface area contributed by atoms with E-state index in [1.54, 1.807) is 0 Å². The molecule has 1 fully saturated rings. The van der Waals surface area contributed by atoms with Crippen LogP contribution in [0.15, 0.2) is 66.7 Å². The van der Waals surface area contributed by atoms with Gasteiger partial charge in [-0.2, -0.15) is 0 Å². The molecule has 2 N–H and O–H groups in total. The quantitative estimate of drug-likeness (QED) is 0.592. The van der Waals surface area contributed by atoms with Crippen molar-refractivity contribution in [2.75, 3.05) is 26.2 Å². The van der Waals surface area contributed by atoms with Crippen molar-refractivity contribution < 1.29 is 9.59 Å². The SMILES string of the molecule is CC(NC(=O)c1ccccc1CCC(=O)N1CCNCC1)c1cccc2ccccc12.Cl. The topological polar surface area (TPSA) is 61.4 Å². The highest BCUT2D eigenvalue weighted by Crippen LogP contribution is 2.24. The number of hydrogen-bond acceptors (Lipinski definition) is 3. The molecule has 0 bridgehead atoms. The third kappa shape index (κ3) is 5.47. The summed E-state index contributed by atoms with van der Waals surface area (Å²) in [5.41, 5.74) is 2.65. The molecule has 0 aliphatic carbocycles. The molecule has 1 unspecified atom stereocenters. The van der Waals surface area contributed by atoms with Crippen molar-refractivity contribution >= 4 is 35.0 Å². The Labute approximate surface area is 195 Å². The number of fused-ring (bicyclic) bond motifs is 1. The molecule has 32 heavy (non-hydrogen) atoms. The van der Waals surface area contributed by atoms with E-state index in [1.165, 1.54) is 0 Å². The summed E-state index contributed by atoms with van der Waals surface area (Å²) >= 11 is 0. The van der Waals surface area contributed by atoms with Gasteiger partial charge in [-0.25, -0.2) is 0 Å². The number of nitrogens with zero attached hydrogens (tertiary/aromatic N) is 1. The van der Waals surface area contributed by atoms with Crippen LogP contribution >= 0.6 is 12.4 Å². The van der Waals surface area contributed by atoms with E-state index in [1.807, 2.05) is 54.3 Å². The Bertz CT molecular complexity index is 1070. The Hall–Kier alpha value is -2.89. The Morgan fingerprint density at radius 2 is 1.66 bits per heavy atom. The normalized spacial score (nSPS) is 14.5. The number of carbonyl (C=O) groups excluding carboxylic acids is 2. The first-order valence-corrected chi connectivity index (χ1v) is 11.0. The van der Waals surface area contributed by atoms with Crippen LogP contribution in [0.3, 0.4) is 0 Å². The second-order valence-corrected chi connectivity index (χ2v) is 8.05. The molecule has 2 amide bonds. The molecule has 1 saturated heterocycles. The Kier molecular flexibility index (Phi) is 8.26. The summed E-state index contributed by atoms with van der Waals surface area (Å²) in [6.45, 7) is 5.21. The van der Waals surface area contributed by atoms with Gasteiger partial charge in [-0.1, -0.05) is 60.7 Å². The molecule has 168 valence electrons. The lowest BCUT2D eigenvalue weighted by Crippen LogP contribution is -2.46. The highest BCUT2D eigenvalue weighted by atomic mass is 35.5. The molecule has 6 heteroatoms. The van der Waals surface area contributed by atoms with Crippen LogP contribution in [0.25, 0.3) is 10.8 Å². The van der Waals surface area contributed by atoms with E-state index in [2.05, 4.69) is 34.9 Å². The zero-order chi connectivity index (χ0) is 21.6. The highest BCUT2D eigenvalue weighted by Gasteiger charge is 2.19. The van der Waals surface area contributed by atoms with E-state index in [-0.39, 0.29) is 30.3 Å². The first kappa shape index (κ1) is 23.8. The van der Waals surface area contributed by atoms with E-state index in [4.69, 9.17) is 0 Å². The molecule has 4 rings (SSSR count). The van der Waals surface area contributed by atoms with Gasteiger partial charge >= 0.3 is 0 Å². The third-order valence-electron chi connectivity index (χ3n) is 5.98. The smallest absolute Gasteiger partial charge is 0.252 e. The highest BCUT2D eigenvalue weighted by molar-refractivity contribution is 5.96. The number of amides is 2. The van der Waals surface area contributed by atoms with Crippen molar-refractivity contribution in [2.45, 2.75) is 25.8 Å². The number of piperazine rings is 1. The minimum Gasteiger partial charge on any atom is -0.345 e. The van der Waals surface area contributed by atoms with Gasteiger partial charge in [-0.3, -0.25) is 9.59 Å². The maximum absolute atomic E-state index is 13.1. The lowest BCUT2D eigenvalue weighted by Gasteiger charge is -2.27. The monoisotopic (exact) mass is 451 g/mol. The summed E-state index contributed by atoms with van der Waals surface area (Å²) in [6, 6.07) is 21.8. The van der Waals surface area contributed by atoms with Gasteiger partial charge in [0.15, 0.2) is 0 Å². The maximum Gasteiger partial charge on any atom is 0.252 e. The van der Waals surface area contributed by atoms with E-state index in [0.29, 0.717) is 18.4 Å². The predicted octanol–water partition coefficient (Wildman–Crippen LogP) is 4.12. The summed E-state index contributed by atoms with van der Waals surface area (Å²) in [5.74, 6) is 0.0477. The lowest BCUT2D eigenvalue weighted by molar-refractivity contribution is -0.131. The van der Waals surface area contributed by atoms with Crippen LogP contribution in [-0.4, -0.2) is 42.9 Å². The number of hydrogen-bond donors (Lipinski definition) is 2. The number of aryl methyl sites for hydroxylation is 1. The number of benzene rings is 3. The Balaban J connectivity index is 0.00000289. The van der Waals surface area contributed by atoms with Gasteiger partial charge in [0.05, 0.1) is 6.04 Å². The van der Waals surface area contributed by atoms with Crippen LogP contribution in [0.2, 0.25) is 0 Å². The van der Waals surface area contributed by atoms with E-state index in [0.717, 1.165) is 48.1 Å². The second-order valence-electron chi connectivity index (χ2n) is 8.05. The third-order valence-corrected chi connectivity index (χ3v) is 5.98. The fraction of sp³-hybridized carbons (Fsp3) is 0.308. The van der Waals surface area contributed by atoms with E-state index in [9.17, 15) is 9.59 Å². The van der Waals surface area contributed by atoms with Crippen molar-refractivity contribution in [3.8, 4) is 0 Å². The summed E-state index contributed by atoms with van der Waals surface area (Å²) in [6.07, 6.45) is 0.984. The van der Waals surface area contributed by atoms with Crippen molar-refractivity contribution in [3.63, 3.8) is 0 Å². The molecule has 5 nitrogen and oxygen atoms in total. The number of nitrogens with one attached hydrogen (secondary N) is 2. The number of halogens is 1. The van der Waals surface area contributed by atoms with Gasteiger partial charge in [0.2, 0.25) is 5.91 Å². The first-order chi connectivity index (χ1) is 15.1.